The Morgan fingerprint density at radius 1 is 1.03 bits per heavy atom. The van der Waals surface area contributed by atoms with Crippen LogP contribution in [0.25, 0.3) is 5.69 Å². The van der Waals surface area contributed by atoms with Crippen molar-refractivity contribution in [3.8, 4) is 11.4 Å². The van der Waals surface area contributed by atoms with E-state index < -0.39 is 10.8 Å². The summed E-state index contributed by atoms with van der Waals surface area (Å²) < 4.78 is 7.62. The number of nitrogens with zero attached hydrogens (tertiary/aromatic N) is 4. The van der Waals surface area contributed by atoms with Gasteiger partial charge in [0.15, 0.2) is 11.0 Å². The van der Waals surface area contributed by atoms with Crippen LogP contribution in [0.15, 0.2) is 84.0 Å². The number of aromatic nitrogens is 3. The van der Waals surface area contributed by atoms with Crippen molar-refractivity contribution in [1.82, 2.24) is 14.8 Å². The highest BCUT2D eigenvalue weighted by atomic mass is 35.5. The lowest BCUT2D eigenvalue weighted by molar-refractivity contribution is -0.383. The average Bonchev–Trinajstić information content (AvgIpc) is 3.26. The van der Waals surface area contributed by atoms with Crippen LogP contribution in [0.5, 0.6) is 5.75 Å². The maximum absolute atomic E-state index is 12.5. The van der Waals surface area contributed by atoms with Crippen LogP contribution in [-0.4, -0.2) is 31.3 Å². The van der Waals surface area contributed by atoms with Gasteiger partial charge in [0.05, 0.1) is 15.7 Å². The number of benzene rings is 3. The van der Waals surface area contributed by atoms with Crippen molar-refractivity contribution in [3.05, 3.63) is 99.8 Å². The molecule has 4 aromatic rings. The molecule has 1 amide bonds. The zero-order valence-electron chi connectivity index (χ0n) is 17.6. The molecule has 172 valence electrons. The molecular weight excluding hydrogens is 478 g/mol. The van der Waals surface area contributed by atoms with E-state index in [4.69, 9.17) is 16.3 Å². The van der Waals surface area contributed by atoms with Crippen molar-refractivity contribution >= 4 is 40.6 Å². The molecule has 0 spiro atoms. The summed E-state index contributed by atoms with van der Waals surface area (Å²) in [5.41, 5.74) is 0.760. The van der Waals surface area contributed by atoms with Crippen LogP contribution >= 0.6 is 23.4 Å². The minimum absolute atomic E-state index is 0.0254. The molecule has 0 aliphatic heterocycles. The van der Waals surface area contributed by atoms with Gasteiger partial charge < -0.3 is 10.1 Å². The molecule has 0 atom stereocenters. The summed E-state index contributed by atoms with van der Waals surface area (Å²) in [5.74, 6) is 0.607. The molecule has 0 unspecified atom stereocenters. The molecular formula is C23H18ClN5O4S. The van der Waals surface area contributed by atoms with Gasteiger partial charge >= 0.3 is 0 Å². The van der Waals surface area contributed by atoms with Crippen molar-refractivity contribution in [2.45, 2.75) is 11.8 Å². The highest BCUT2D eigenvalue weighted by molar-refractivity contribution is 7.99. The van der Waals surface area contributed by atoms with Gasteiger partial charge in [-0.15, -0.1) is 10.2 Å². The lowest BCUT2D eigenvalue weighted by Gasteiger charge is -2.12. The quantitative estimate of drug-likeness (QED) is 0.194. The SMILES string of the molecule is O=C(CSc1nnc(COc2ccccc2Cl)n1-c1ccccc1)Nc1ccccc1[N+](=O)[O-]. The molecule has 0 radical (unpaired) electrons. The van der Waals surface area contributed by atoms with Crippen LogP contribution in [0.4, 0.5) is 11.4 Å². The van der Waals surface area contributed by atoms with Gasteiger partial charge in [0.25, 0.3) is 5.69 Å². The lowest BCUT2D eigenvalue weighted by atomic mass is 10.2. The van der Waals surface area contributed by atoms with Gasteiger partial charge in [-0.2, -0.15) is 0 Å². The first kappa shape index (κ1) is 23.3. The van der Waals surface area contributed by atoms with Crippen molar-refractivity contribution in [2.75, 3.05) is 11.1 Å². The molecule has 0 saturated heterocycles. The number of thioether (sulfide) groups is 1. The molecule has 4 rings (SSSR count). The summed E-state index contributed by atoms with van der Waals surface area (Å²) in [6.45, 7) is 0.106. The molecule has 0 aliphatic rings. The van der Waals surface area contributed by atoms with Crippen LogP contribution in [0, 0.1) is 10.1 Å². The second kappa shape index (κ2) is 10.8. The zero-order chi connectivity index (χ0) is 23.9. The number of anilines is 1. The summed E-state index contributed by atoms with van der Waals surface area (Å²) in [4.78, 5) is 23.1. The molecule has 0 aliphatic carbocycles. The fourth-order valence-corrected chi connectivity index (χ4v) is 4.04. The Morgan fingerprint density at radius 3 is 2.50 bits per heavy atom. The second-order valence-corrected chi connectivity index (χ2v) is 8.25. The Kier molecular flexibility index (Phi) is 7.41. The molecule has 3 aromatic carbocycles. The Balaban J connectivity index is 1.51. The number of carbonyl (C=O) groups is 1. The third-order valence-corrected chi connectivity index (χ3v) is 5.86. The Hall–Kier alpha value is -3.89. The number of carbonyl (C=O) groups excluding carboxylic acids is 1. The van der Waals surface area contributed by atoms with Gasteiger partial charge in [-0.05, 0) is 30.3 Å². The summed E-state index contributed by atoms with van der Waals surface area (Å²) in [6.07, 6.45) is 0. The Morgan fingerprint density at radius 2 is 1.74 bits per heavy atom. The first-order chi connectivity index (χ1) is 16.5. The Labute approximate surface area is 203 Å². The van der Waals surface area contributed by atoms with Crippen LogP contribution < -0.4 is 10.1 Å². The fourth-order valence-electron chi connectivity index (χ4n) is 3.08. The first-order valence-electron chi connectivity index (χ1n) is 10.1. The largest absolute Gasteiger partial charge is 0.484 e. The predicted molar refractivity (Wildman–Crippen MR) is 130 cm³/mol. The first-order valence-corrected chi connectivity index (χ1v) is 11.4. The van der Waals surface area contributed by atoms with Gasteiger partial charge in [-0.1, -0.05) is 65.8 Å². The van der Waals surface area contributed by atoms with E-state index in [1.165, 1.54) is 18.2 Å². The summed E-state index contributed by atoms with van der Waals surface area (Å²) >= 11 is 7.33. The Bertz CT molecular complexity index is 1320. The van der Waals surface area contributed by atoms with E-state index >= 15 is 0 Å². The highest BCUT2D eigenvalue weighted by Gasteiger charge is 2.19. The van der Waals surface area contributed by atoms with E-state index in [1.807, 2.05) is 42.5 Å². The second-order valence-electron chi connectivity index (χ2n) is 6.90. The molecule has 1 N–H and O–H groups in total. The summed E-state index contributed by atoms with van der Waals surface area (Å²) in [5, 5.41) is 23.2. The topological polar surface area (TPSA) is 112 Å². The third-order valence-electron chi connectivity index (χ3n) is 4.62. The summed E-state index contributed by atoms with van der Waals surface area (Å²) in [7, 11) is 0. The molecule has 9 nitrogen and oxygen atoms in total. The highest BCUT2D eigenvalue weighted by Crippen LogP contribution is 2.27. The predicted octanol–water partition coefficient (Wildman–Crippen LogP) is 5.14. The van der Waals surface area contributed by atoms with Gasteiger partial charge in [0.1, 0.15) is 18.0 Å². The van der Waals surface area contributed by atoms with Crippen molar-refractivity contribution in [1.29, 1.82) is 0 Å². The summed E-state index contributed by atoms with van der Waals surface area (Å²) in [6, 6.07) is 22.5. The van der Waals surface area contributed by atoms with Gasteiger partial charge in [0, 0.05) is 11.8 Å². The van der Waals surface area contributed by atoms with E-state index in [1.54, 1.807) is 22.8 Å². The molecule has 1 heterocycles. The monoisotopic (exact) mass is 495 g/mol. The normalized spacial score (nSPS) is 10.6. The van der Waals surface area contributed by atoms with Crippen LogP contribution in [-0.2, 0) is 11.4 Å². The number of hydrogen-bond acceptors (Lipinski definition) is 7. The number of nitro benzene ring substituents is 1. The number of halogens is 1. The standard InChI is InChI=1S/C23H18ClN5O4S/c24-17-10-4-7-13-20(17)33-14-21-26-27-23(28(21)16-8-2-1-3-9-16)34-15-22(30)25-18-11-5-6-12-19(18)29(31)32/h1-13H,14-15H2,(H,25,30). The van der Waals surface area contributed by atoms with E-state index in [-0.39, 0.29) is 23.7 Å². The number of amides is 1. The number of rotatable bonds is 9. The smallest absolute Gasteiger partial charge is 0.292 e. The van der Waals surface area contributed by atoms with E-state index in [0.29, 0.717) is 21.8 Å². The number of ether oxygens (including phenoxy) is 1. The van der Waals surface area contributed by atoms with Crippen molar-refractivity contribution in [2.24, 2.45) is 0 Å². The van der Waals surface area contributed by atoms with Crippen molar-refractivity contribution in [3.63, 3.8) is 0 Å². The maximum Gasteiger partial charge on any atom is 0.292 e. The number of para-hydroxylation sites is 4. The lowest BCUT2D eigenvalue weighted by Crippen LogP contribution is -2.15. The van der Waals surface area contributed by atoms with E-state index in [9.17, 15) is 14.9 Å². The maximum atomic E-state index is 12.5. The fraction of sp³-hybridized carbons (Fsp3) is 0.0870. The minimum Gasteiger partial charge on any atom is -0.484 e. The molecule has 0 bridgehead atoms. The van der Waals surface area contributed by atoms with Crippen LogP contribution in [0.2, 0.25) is 5.02 Å². The zero-order valence-corrected chi connectivity index (χ0v) is 19.2. The van der Waals surface area contributed by atoms with E-state index in [2.05, 4.69) is 15.5 Å². The molecule has 1 aromatic heterocycles. The van der Waals surface area contributed by atoms with Crippen LogP contribution in [0.3, 0.4) is 0 Å². The molecule has 34 heavy (non-hydrogen) atoms. The van der Waals surface area contributed by atoms with E-state index in [0.717, 1.165) is 17.4 Å². The average molecular weight is 496 g/mol. The van der Waals surface area contributed by atoms with Gasteiger partial charge in [-0.3, -0.25) is 19.5 Å². The van der Waals surface area contributed by atoms with Gasteiger partial charge in [0.2, 0.25) is 5.91 Å². The third kappa shape index (κ3) is 5.53. The van der Waals surface area contributed by atoms with Crippen molar-refractivity contribution < 1.29 is 14.5 Å². The number of hydrogen-bond donors (Lipinski definition) is 1. The molecule has 0 fully saturated rings. The van der Waals surface area contributed by atoms with Crippen LogP contribution in [0.1, 0.15) is 5.82 Å². The number of nitro groups is 1. The minimum atomic E-state index is -0.542. The molecule has 11 heteroatoms. The number of nitrogens with one attached hydrogen (secondary N) is 1. The van der Waals surface area contributed by atoms with Gasteiger partial charge in [-0.25, -0.2) is 0 Å². The molecule has 0 saturated carbocycles.